The van der Waals surface area contributed by atoms with Gasteiger partial charge in [0.2, 0.25) is 5.88 Å². The molecule has 0 N–H and O–H groups in total. The molecule has 0 aliphatic carbocycles. The first kappa shape index (κ1) is 26.8. The van der Waals surface area contributed by atoms with E-state index in [2.05, 4.69) is 25.9 Å². The number of benzene rings is 2. The van der Waals surface area contributed by atoms with E-state index in [4.69, 9.17) is 42.1 Å². The largest absolute Gasteiger partial charge is 0.489 e. The second-order valence-electron chi connectivity index (χ2n) is 9.35. The summed E-state index contributed by atoms with van der Waals surface area (Å²) in [6.45, 7) is 14.4. The number of nitrogens with zero attached hydrogens (tertiary/aromatic N) is 2. The van der Waals surface area contributed by atoms with Crippen LogP contribution in [0.2, 0.25) is 0 Å². The van der Waals surface area contributed by atoms with Gasteiger partial charge in [-0.2, -0.15) is 5.10 Å². The molecule has 0 radical (unpaired) electrons. The summed E-state index contributed by atoms with van der Waals surface area (Å²) in [6, 6.07) is 12.8. The van der Waals surface area contributed by atoms with Crippen molar-refractivity contribution in [2.75, 3.05) is 6.61 Å². The Hall–Kier alpha value is -2.83. The zero-order chi connectivity index (χ0) is 25.8. The fourth-order valence-corrected chi connectivity index (χ4v) is 3.31. The molecule has 0 saturated carbocycles. The predicted octanol–water partition coefficient (Wildman–Crippen LogP) is 8.32. The van der Waals surface area contributed by atoms with E-state index in [0.717, 1.165) is 17.1 Å². The monoisotopic (exact) mass is 518 g/mol. The summed E-state index contributed by atoms with van der Waals surface area (Å²) in [7, 11) is 0. The summed E-state index contributed by atoms with van der Waals surface area (Å²) >= 11 is 11.3. The number of rotatable bonds is 9. The van der Waals surface area contributed by atoms with Gasteiger partial charge < -0.3 is 18.9 Å². The Balaban J connectivity index is 1.78. The van der Waals surface area contributed by atoms with Gasteiger partial charge in [-0.25, -0.2) is 4.68 Å². The lowest BCUT2D eigenvalue weighted by Gasteiger charge is -2.22. The highest BCUT2D eigenvalue weighted by Gasteiger charge is 2.23. The van der Waals surface area contributed by atoms with E-state index in [1.165, 1.54) is 0 Å². The first-order valence-electron chi connectivity index (χ1n) is 11.4. The molecule has 8 heteroatoms. The normalized spacial score (nSPS) is 11.4. The molecule has 3 aromatic rings. The Morgan fingerprint density at radius 2 is 1.54 bits per heavy atom. The van der Waals surface area contributed by atoms with Crippen molar-refractivity contribution >= 4 is 23.2 Å². The number of halogens is 2. The molecule has 0 atom stereocenters. The maximum atomic E-state index is 6.22. The number of aryl methyl sites for hydroxylation is 1. The van der Waals surface area contributed by atoms with E-state index < -0.39 is 0 Å². The summed E-state index contributed by atoms with van der Waals surface area (Å²) < 4.78 is 26.0. The van der Waals surface area contributed by atoms with Gasteiger partial charge in [0, 0.05) is 11.6 Å². The van der Waals surface area contributed by atoms with Crippen LogP contribution in [0.4, 0.5) is 0 Å². The van der Waals surface area contributed by atoms with Crippen molar-refractivity contribution in [2.24, 2.45) is 0 Å². The van der Waals surface area contributed by atoms with Gasteiger partial charge in [-0.05, 0) is 90.9 Å². The maximum absolute atomic E-state index is 6.22. The van der Waals surface area contributed by atoms with Gasteiger partial charge in [-0.1, -0.05) is 23.2 Å². The molecular weight excluding hydrogens is 487 g/mol. The quantitative estimate of drug-likeness (QED) is 0.285. The third kappa shape index (κ3) is 7.33. The Bertz CT molecular complexity index is 1180. The highest BCUT2D eigenvalue weighted by Crippen LogP contribution is 2.37. The summed E-state index contributed by atoms with van der Waals surface area (Å²) in [5.74, 6) is 3.83. The maximum Gasteiger partial charge on any atom is 0.221 e. The van der Waals surface area contributed by atoms with Crippen LogP contribution in [0.25, 0.3) is 0 Å². The van der Waals surface area contributed by atoms with Gasteiger partial charge in [0.25, 0.3) is 0 Å². The third-order valence-electron chi connectivity index (χ3n) is 4.97. The van der Waals surface area contributed by atoms with E-state index in [1.54, 1.807) is 24.3 Å². The third-order valence-corrected chi connectivity index (χ3v) is 5.28. The van der Waals surface area contributed by atoms with Crippen molar-refractivity contribution in [3.05, 3.63) is 64.3 Å². The zero-order valence-electron chi connectivity index (χ0n) is 21.2. The van der Waals surface area contributed by atoms with Crippen LogP contribution in [-0.2, 0) is 5.54 Å². The number of aromatic nitrogens is 2. The number of hydrogen-bond donors (Lipinski definition) is 0. The van der Waals surface area contributed by atoms with Crippen molar-refractivity contribution in [1.29, 1.82) is 0 Å². The van der Waals surface area contributed by atoms with Crippen molar-refractivity contribution in [2.45, 2.75) is 60.1 Å². The van der Waals surface area contributed by atoms with Gasteiger partial charge in [-0.3, -0.25) is 0 Å². The molecule has 0 unspecified atom stereocenters. The topological polar surface area (TPSA) is 54.7 Å². The molecule has 0 bridgehead atoms. The molecule has 0 aliphatic rings. The minimum absolute atomic E-state index is 0.0417. The predicted molar refractivity (Wildman–Crippen MR) is 141 cm³/mol. The smallest absolute Gasteiger partial charge is 0.221 e. The average Bonchev–Trinajstić information content (AvgIpc) is 3.05. The summed E-state index contributed by atoms with van der Waals surface area (Å²) in [5.41, 5.74) is 1.76. The van der Waals surface area contributed by atoms with Crippen LogP contribution in [0, 0.1) is 13.8 Å². The second-order valence-corrected chi connectivity index (χ2v) is 10.4. The number of ether oxygens (including phenoxy) is 4. The summed E-state index contributed by atoms with van der Waals surface area (Å²) in [6.07, 6.45) is 1.53. The lowest BCUT2D eigenvalue weighted by atomic mass is 10.1. The highest BCUT2D eigenvalue weighted by molar-refractivity contribution is 6.55. The van der Waals surface area contributed by atoms with Gasteiger partial charge in [-0.15, -0.1) is 0 Å². The van der Waals surface area contributed by atoms with Crippen LogP contribution in [0.3, 0.4) is 0 Å². The molecular formula is C27H32Cl2N2O4. The summed E-state index contributed by atoms with van der Waals surface area (Å²) in [4.78, 5) is 0. The average molecular weight is 519 g/mol. The molecule has 0 fully saturated rings. The van der Waals surface area contributed by atoms with Gasteiger partial charge in [0.1, 0.15) is 28.3 Å². The fourth-order valence-electron chi connectivity index (χ4n) is 3.18. The van der Waals surface area contributed by atoms with Crippen LogP contribution >= 0.6 is 23.2 Å². The Morgan fingerprint density at radius 3 is 2.11 bits per heavy atom. The molecule has 0 saturated heterocycles. The Labute approximate surface area is 217 Å². The van der Waals surface area contributed by atoms with E-state index in [9.17, 15) is 0 Å². The molecule has 1 heterocycles. The molecule has 1 aromatic heterocycles. The first-order valence-corrected chi connectivity index (χ1v) is 12.2. The van der Waals surface area contributed by atoms with Gasteiger partial charge in [0.05, 0.1) is 17.3 Å². The van der Waals surface area contributed by atoms with Gasteiger partial charge >= 0.3 is 0 Å². The van der Waals surface area contributed by atoms with Crippen molar-refractivity contribution < 1.29 is 18.9 Å². The minimum atomic E-state index is -0.202. The van der Waals surface area contributed by atoms with E-state index in [0.29, 0.717) is 28.7 Å². The Morgan fingerprint density at radius 1 is 0.943 bits per heavy atom. The zero-order valence-corrected chi connectivity index (χ0v) is 22.7. The molecule has 35 heavy (non-hydrogen) atoms. The first-order chi connectivity index (χ1) is 16.4. The van der Waals surface area contributed by atoms with Crippen LogP contribution in [0.5, 0.6) is 34.6 Å². The molecule has 188 valence electrons. The molecule has 0 aliphatic heterocycles. The van der Waals surface area contributed by atoms with Crippen molar-refractivity contribution in [3.8, 4) is 34.6 Å². The van der Waals surface area contributed by atoms with E-state index in [-0.39, 0.29) is 22.7 Å². The molecule has 6 nitrogen and oxygen atoms in total. The van der Waals surface area contributed by atoms with Crippen LogP contribution in [-0.4, -0.2) is 22.5 Å². The molecule has 0 spiro atoms. The van der Waals surface area contributed by atoms with Crippen LogP contribution in [0.1, 0.15) is 45.9 Å². The minimum Gasteiger partial charge on any atom is -0.489 e. The highest BCUT2D eigenvalue weighted by atomic mass is 35.5. The van der Waals surface area contributed by atoms with Crippen LogP contribution in [0.15, 0.2) is 53.0 Å². The molecule has 3 rings (SSSR count). The number of hydrogen-bond acceptors (Lipinski definition) is 5. The SMILES string of the molecule is Cc1nn(C(C)(C)C)c(Oc2ccc(Oc3ccc(OCC=C(Cl)Cl)cc3OC(C)C)cc2)c1C. The van der Waals surface area contributed by atoms with Crippen molar-refractivity contribution in [1.82, 2.24) is 9.78 Å². The van der Waals surface area contributed by atoms with Crippen LogP contribution < -0.4 is 18.9 Å². The van der Waals surface area contributed by atoms with Crippen molar-refractivity contribution in [3.63, 3.8) is 0 Å². The summed E-state index contributed by atoms with van der Waals surface area (Å²) in [5, 5.41) is 4.65. The second kappa shape index (κ2) is 11.3. The molecule has 2 aromatic carbocycles. The van der Waals surface area contributed by atoms with E-state index >= 15 is 0 Å². The lowest BCUT2D eigenvalue weighted by Crippen LogP contribution is -2.23. The lowest BCUT2D eigenvalue weighted by molar-refractivity contribution is 0.231. The fraction of sp³-hybridized carbons (Fsp3) is 0.370. The standard InChI is InChI=1S/C27H32Cl2N2O4/c1-17(2)33-24-16-22(32-15-14-25(28)29)12-13-23(24)34-20-8-10-21(11-9-20)35-26-18(3)19(4)30-31(26)27(5,6)7/h8-14,16-17H,15H2,1-7H3. The van der Waals surface area contributed by atoms with E-state index in [1.807, 2.05) is 56.6 Å². The van der Waals surface area contributed by atoms with Gasteiger partial charge in [0.15, 0.2) is 11.5 Å². The Kier molecular flexibility index (Phi) is 8.62. The molecule has 0 amide bonds.